The molecule has 5 heteroatoms. The molecule has 0 saturated carbocycles. The molecule has 2 aromatic rings. The summed E-state index contributed by atoms with van der Waals surface area (Å²) in [4.78, 5) is 22.5. The van der Waals surface area contributed by atoms with Crippen LogP contribution in [-0.4, -0.2) is 15.7 Å². The predicted octanol–water partition coefficient (Wildman–Crippen LogP) is 1.47. The molecule has 2 rings (SSSR count). The molecule has 0 unspecified atom stereocenters. The lowest BCUT2D eigenvalue weighted by molar-refractivity contribution is -0.132. The minimum absolute atomic E-state index is 0.211. The molecule has 0 radical (unpaired) electrons. The van der Waals surface area contributed by atoms with Crippen LogP contribution in [0.2, 0.25) is 0 Å². The van der Waals surface area contributed by atoms with Gasteiger partial charge in [0.05, 0.1) is 5.69 Å². The van der Waals surface area contributed by atoms with Crippen LogP contribution >= 0.6 is 0 Å². The standard InChI is InChI=1S/C13H12N2O3/c1-9-8-12(17)13(18-10(2)16)14-15(9)11-6-4-3-5-7-11/h3-8H,1-2H3. The minimum atomic E-state index is -0.567. The average Bonchev–Trinajstić information content (AvgIpc) is 2.33. The highest BCUT2D eigenvalue weighted by atomic mass is 16.5. The zero-order valence-electron chi connectivity index (χ0n) is 10.1. The van der Waals surface area contributed by atoms with Crippen LogP contribution in [0.5, 0.6) is 5.88 Å². The highest BCUT2D eigenvalue weighted by Gasteiger charge is 2.10. The van der Waals surface area contributed by atoms with E-state index in [4.69, 9.17) is 4.74 Å². The fourth-order valence-electron chi connectivity index (χ4n) is 1.57. The Hall–Kier alpha value is -2.43. The van der Waals surface area contributed by atoms with Crippen molar-refractivity contribution in [3.05, 3.63) is 52.3 Å². The maximum atomic E-state index is 11.6. The number of para-hydroxylation sites is 1. The maximum absolute atomic E-state index is 11.6. The second-order valence-corrected chi connectivity index (χ2v) is 3.80. The first-order valence-electron chi connectivity index (χ1n) is 5.43. The molecular weight excluding hydrogens is 232 g/mol. The Morgan fingerprint density at radius 2 is 1.94 bits per heavy atom. The van der Waals surface area contributed by atoms with Crippen molar-refractivity contribution >= 4 is 5.97 Å². The molecule has 0 aliphatic carbocycles. The number of aryl methyl sites for hydroxylation is 1. The summed E-state index contributed by atoms with van der Waals surface area (Å²) in [6.45, 7) is 2.99. The van der Waals surface area contributed by atoms with Gasteiger partial charge in [-0.2, -0.15) is 0 Å². The average molecular weight is 244 g/mol. The Morgan fingerprint density at radius 3 is 2.56 bits per heavy atom. The largest absolute Gasteiger partial charge is 0.402 e. The van der Waals surface area contributed by atoms with Gasteiger partial charge in [-0.15, -0.1) is 5.10 Å². The zero-order chi connectivity index (χ0) is 13.1. The van der Waals surface area contributed by atoms with Crippen LogP contribution in [-0.2, 0) is 4.79 Å². The molecular formula is C13H12N2O3. The first-order valence-corrected chi connectivity index (χ1v) is 5.43. The third-order valence-corrected chi connectivity index (χ3v) is 2.32. The Bertz CT molecular complexity index is 632. The van der Waals surface area contributed by atoms with Gasteiger partial charge in [0.15, 0.2) is 0 Å². The number of hydrogen-bond acceptors (Lipinski definition) is 4. The van der Waals surface area contributed by atoms with Gasteiger partial charge in [-0.25, -0.2) is 4.68 Å². The van der Waals surface area contributed by atoms with Gasteiger partial charge in [0.1, 0.15) is 0 Å². The molecule has 5 nitrogen and oxygen atoms in total. The van der Waals surface area contributed by atoms with E-state index in [2.05, 4.69) is 5.10 Å². The highest BCUT2D eigenvalue weighted by molar-refractivity contribution is 5.68. The van der Waals surface area contributed by atoms with Crippen molar-refractivity contribution in [3.63, 3.8) is 0 Å². The third kappa shape index (κ3) is 2.45. The normalized spacial score (nSPS) is 10.1. The Balaban J connectivity index is 2.55. The van der Waals surface area contributed by atoms with Crippen molar-refractivity contribution in [2.45, 2.75) is 13.8 Å². The molecule has 0 aliphatic rings. The quantitative estimate of drug-likeness (QED) is 0.750. The molecule has 1 aromatic carbocycles. The monoisotopic (exact) mass is 244 g/mol. The number of hydrogen-bond donors (Lipinski definition) is 0. The number of aromatic nitrogens is 2. The fourth-order valence-corrected chi connectivity index (χ4v) is 1.57. The maximum Gasteiger partial charge on any atom is 0.309 e. The number of ether oxygens (including phenoxy) is 1. The fraction of sp³-hybridized carbons (Fsp3) is 0.154. The number of nitrogens with zero attached hydrogens (tertiary/aromatic N) is 2. The molecule has 0 atom stereocenters. The van der Waals surface area contributed by atoms with E-state index < -0.39 is 11.4 Å². The minimum Gasteiger partial charge on any atom is -0.402 e. The molecule has 92 valence electrons. The van der Waals surface area contributed by atoms with E-state index >= 15 is 0 Å². The van der Waals surface area contributed by atoms with Gasteiger partial charge in [0.25, 0.3) is 5.88 Å². The highest BCUT2D eigenvalue weighted by Crippen LogP contribution is 2.10. The number of benzene rings is 1. The lowest BCUT2D eigenvalue weighted by atomic mass is 10.3. The first-order chi connectivity index (χ1) is 8.58. The van der Waals surface area contributed by atoms with Crippen molar-refractivity contribution in [1.82, 2.24) is 9.78 Å². The number of esters is 1. The van der Waals surface area contributed by atoms with Gasteiger partial charge < -0.3 is 4.74 Å². The number of carbonyl (C=O) groups excluding carboxylic acids is 1. The topological polar surface area (TPSA) is 61.2 Å². The molecule has 1 heterocycles. The summed E-state index contributed by atoms with van der Waals surface area (Å²) in [5, 5.41) is 4.04. The van der Waals surface area contributed by atoms with Gasteiger partial charge in [-0.3, -0.25) is 9.59 Å². The van der Waals surface area contributed by atoms with Crippen LogP contribution < -0.4 is 10.2 Å². The summed E-state index contributed by atoms with van der Waals surface area (Å²) in [6, 6.07) is 10.7. The zero-order valence-corrected chi connectivity index (χ0v) is 10.1. The van der Waals surface area contributed by atoms with Crippen LogP contribution in [0.15, 0.2) is 41.2 Å². The van der Waals surface area contributed by atoms with Crippen molar-refractivity contribution < 1.29 is 9.53 Å². The predicted molar refractivity (Wildman–Crippen MR) is 65.9 cm³/mol. The van der Waals surface area contributed by atoms with Gasteiger partial charge in [-0.1, -0.05) is 18.2 Å². The second kappa shape index (κ2) is 4.83. The molecule has 0 amide bonds. The molecule has 0 N–H and O–H groups in total. The second-order valence-electron chi connectivity index (χ2n) is 3.80. The van der Waals surface area contributed by atoms with E-state index in [9.17, 15) is 9.59 Å². The molecule has 0 fully saturated rings. The summed E-state index contributed by atoms with van der Waals surface area (Å²) in [5.74, 6) is -0.778. The summed E-state index contributed by atoms with van der Waals surface area (Å²) < 4.78 is 6.33. The molecule has 0 bridgehead atoms. The van der Waals surface area contributed by atoms with Crippen LogP contribution in [0.3, 0.4) is 0 Å². The van der Waals surface area contributed by atoms with Crippen LogP contribution in [0.4, 0.5) is 0 Å². The smallest absolute Gasteiger partial charge is 0.309 e. The first kappa shape index (κ1) is 12.0. The van der Waals surface area contributed by atoms with E-state index in [1.807, 2.05) is 30.3 Å². The lowest BCUT2D eigenvalue weighted by Gasteiger charge is -2.10. The summed E-state index contributed by atoms with van der Waals surface area (Å²) in [5.41, 5.74) is 1.06. The van der Waals surface area contributed by atoms with E-state index in [1.165, 1.54) is 13.0 Å². The Kier molecular flexibility index (Phi) is 3.23. The van der Waals surface area contributed by atoms with Gasteiger partial charge >= 0.3 is 5.97 Å². The van der Waals surface area contributed by atoms with Crippen LogP contribution in [0.25, 0.3) is 5.69 Å². The van der Waals surface area contributed by atoms with E-state index in [0.29, 0.717) is 5.69 Å². The molecule has 0 spiro atoms. The van der Waals surface area contributed by atoms with Crippen molar-refractivity contribution in [2.75, 3.05) is 0 Å². The van der Waals surface area contributed by atoms with Crippen LogP contribution in [0.1, 0.15) is 12.6 Å². The summed E-state index contributed by atoms with van der Waals surface area (Å²) >= 11 is 0. The van der Waals surface area contributed by atoms with Crippen LogP contribution in [0, 0.1) is 6.92 Å². The van der Waals surface area contributed by atoms with Gasteiger partial charge in [0.2, 0.25) is 5.43 Å². The van der Waals surface area contributed by atoms with E-state index in [1.54, 1.807) is 11.6 Å². The number of carbonyl (C=O) groups is 1. The Morgan fingerprint density at radius 1 is 1.28 bits per heavy atom. The molecule has 18 heavy (non-hydrogen) atoms. The summed E-state index contributed by atoms with van der Waals surface area (Å²) in [7, 11) is 0. The molecule has 1 aromatic heterocycles. The van der Waals surface area contributed by atoms with Crippen molar-refractivity contribution in [3.8, 4) is 11.6 Å². The van der Waals surface area contributed by atoms with E-state index in [-0.39, 0.29) is 5.88 Å². The Labute approximate surface area is 104 Å². The molecule has 0 aliphatic heterocycles. The SMILES string of the molecule is CC(=O)Oc1nn(-c2ccccc2)c(C)cc1=O. The van der Waals surface area contributed by atoms with Crippen molar-refractivity contribution in [1.29, 1.82) is 0 Å². The summed E-state index contributed by atoms with van der Waals surface area (Å²) in [6.07, 6.45) is 0. The van der Waals surface area contributed by atoms with Crippen molar-refractivity contribution in [2.24, 2.45) is 0 Å². The van der Waals surface area contributed by atoms with Gasteiger partial charge in [0, 0.05) is 18.7 Å². The molecule has 0 saturated heterocycles. The third-order valence-electron chi connectivity index (χ3n) is 2.32. The number of rotatable bonds is 2. The van der Waals surface area contributed by atoms with Gasteiger partial charge in [-0.05, 0) is 19.1 Å². The lowest BCUT2D eigenvalue weighted by Crippen LogP contribution is -2.18. The van der Waals surface area contributed by atoms with E-state index in [0.717, 1.165) is 5.69 Å².